The molecular weight excluding hydrogens is 330 g/mol. The van der Waals surface area contributed by atoms with E-state index >= 15 is 0 Å². The molecule has 0 aliphatic carbocycles. The number of aliphatic carboxylic acids is 1. The first-order valence-electron chi connectivity index (χ1n) is 8.41. The van der Waals surface area contributed by atoms with E-state index in [0.717, 1.165) is 16.5 Å². The number of hydrogen-bond donors (Lipinski definition) is 1. The number of benzene rings is 3. The predicted octanol–water partition coefficient (Wildman–Crippen LogP) is 4.07. The number of carbonyl (C=O) groups is 2. The van der Waals surface area contributed by atoms with Gasteiger partial charge in [-0.3, -0.25) is 9.59 Å². The molecule has 26 heavy (non-hydrogen) atoms. The first-order valence-corrected chi connectivity index (χ1v) is 8.41. The largest absolute Gasteiger partial charge is 0.481 e. The molecule has 1 aliphatic heterocycles. The summed E-state index contributed by atoms with van der Waals surface area (Å²) in [4.78, 5) is 24.6. The van der Waals surface area contributed by atoms with Gasteiger partial charge in [-0.25, -0.2) is 0 Å². The van der Waals surface area contributed by atoms with Crippen molar-refractivity contribution in [3.05, 3.63) is 66.7 Å². The van der Waals surface area contributed by atoms with Gasteiger partial charge in [0.1, 0.15) is 11.5 Å². The molecule has 0 radical (unpaired) electrons. The second kappa shape index (κ2) is 6.52. The summed E-state index contributed by atoms with van der Waals surface area (Å²) in [5.74, 6) is -0.323. The smallest absolute Gasteiger partial charge is 0.308 e. The van der Waals surface area contributed by atoms with Crippen molar-refractivity contribution in [3.63, 3.8) is 0 Å². The van der Waals surface area contributed by atoms with Crippen LogP contribution in [0.1, 0.15) is 6.42 Å². The minimum atomic E-state index is -0.934. The Morgan fingerprint density at radius 3 is 2.46 bits per heavy atom. The van der Waals surface area contributed by atoms with Gasteiger partial charge in [0, 0.05) is 24.0 Å². The Bertz CT molecular complexity index is 975. The molecule has 1 fully saturated rings. The van der Waals surface area contributed by atoms with Crippen molar-refractivity contribution in [2.45, 2.75) is 6.42 Å². The fourth-order valence-corrected chi connectivity index (χ4v) is 3.23. The maximum absolute atomic E-state index is 12.0. The first kappa shape index (κ1) is 16.1. The third-order valence-electron chi connectivity index (χ3n) is 4.60. The summed E-state index contributed by atoms with van der Waals surface area (Å²) in [5, 5.41) is 11.2. The highest BCUT2D eigenvalue weighted by atomic mass is 16.5. The zero-order chi connectivity index (χ0) is 18.1. The van der Waals surface area contributed by atoms with E-state index in [-0.39, 0.29) is 18.9 Å². The lowest BCUT2D eigenvalue weighted by Crippen LogP contribution is -2.25. The summed E-state index contributed by atoms with van der Waals surface area (Å²) in [5.41, 5.74) is 0.684. The number of rotatable bonds is 4. The Kier molecular flexibility index (Phi) is 4.05. The van der Waals surface area contributed by atoms with E-state index in [9.17, 15) is 9.59 Å². The minimum absolute atomic E-state index is 0.0452. The third-order valence-corrected chi connectivity index (χ3v) is 4.60. The lowest BCUT2D eigenvalue weighted by Gasteiger charge is -2.17. The molecule has 0 bridgehead atoms. The summed E-state index contributed by atoms with van der Waals surface area (Å²) >= 11 is 0. The average Bonchev–Trinajstić information content (AvgIpc) is 3.05. The van der Waals surface area contributed by atoms with Crippen LogP contribution < -0.4 is 9.64 Å². The number of nitrogens with zero attached hydrogens (tertiary/aromatic N) is 1. The number of ether oxygens (including phenoxy) is 1. The quantitative estimate of drug-likeness (QED) is 0.772. The van der Waals surface area contributed by atoms with E-state index in [2.05, 4.69) is 0 Å². The van der Waals surface area contributed by atoms with E-state index in [1.807, 2.05) is 42.5 Å². The Morgan fingerprint density at radius 1 is 1.00 bits per heavy atom. The Balaban J connectivity index is 1.55. The lowest BCUT2D eigenvalue weighted by atomic mass is 10.1. The maximum atomic E-state index is 12.0. The van der Waals surface area contributed by atoms with Gasteiger partial charge in [0.2, 0.25) is 5.91 Å². The molecule has 1 saturated heterocycles. The molecule has 4 rings (SSSR count). The Labute approximate surface area is 150 Å². The fourth-order valence-electron chi connectivity index (χ4n) is 3.23. The molecule has 0 saturated carbocycles. The molecule has 0 aromatic heterocycles. The number of carbonyl (C=O) groups excluding carboxylic acids is 1. The zero-order valence-corrected chi connectivity index (χ0v) is 14.0. The Hall–Kier alpha value is -3.34. The van der Waals surface area contributed by atoms with Crippen LogP contribution in [0.2, 0.25) is 0 Å². The van der Waals surface area contributed by atoms with Crippen LogP contribution in [0.4, 0.5) is 5.69 Å². The number of hydrogen-bond acceptors (Lipinski definition) is 3. The number of carboxylic acid groups (broad SMARTS) is 1. The van der Waals surface area contributed by atoms with E-state index < -0.39 is 11.9 Å². The van der Waals surface area contributed by atoms with E-state index in [4.69, 9.17) is 9.84 Å². The Morgan fingerprint density at radius 2 is 1.73 bits per heavy atom. The van der Waals surface area contributed by atoms with Crippen molar-refractivity contribution in [2.24, 2.45) is 5.92 Å². The molecular formula is C21H17NO4. The average molecular weight is 347 g/mol. The molecule has 1 amide bonds. The van der Waals surface area contributed by atoms with Crippen LogP contribution >= 0.6 is 0 Å². The summed E-state index contributed by atoms with van der Waals surface area (Å²) in [6.45, 7) is 0.206. The van der Waals surface area contributed by atoms with Gasteiger partial charge in [0.25, 0.3) is 0 Å². The van der Waals surface area contributed by atoms with Crippen LogP contribution in [0.3, 0.4) is 0 Å². The summed E-state index contributed by atoms with van der Waals surface area (Å²) in [6.07, 6.45) is 0.0452. The van der Waals surface area contributed by atoms with Gasteiger partial charge in [-0.15, -0.1) is 0 Å². The van der Waals surface area contributed by atoms with Gasteiger partial charge < -0.3 is 14.7 Å². The minimum Gasteiger partial charge on any atom is -0.481 e. The second-order valence-corrected chi connectivity index (χ2v) is 6.32. The first-order chi connectivity index (χ1) is 12.6. The molecule has 5 nitrogen and oxygen atoms in total. The van der Waals surface area contributed by atoms with Gasteiger partial charge in [0.15, 0.2) is 0 Å². The number of amides is 1. The van der Waals surface area contributed by atoms with Gasteiger partial charge in [-0.2, -0.15) is 0 Å². The topological polar surface area (TPSA) is 66.8 Å². The van der Waals surface area contributed by atoms with Crippen LogP contribution in [0.25, 0.3) is 10.8 Å². The molecule has 3 aromatic carbocycles. The van der Waals surface area contributed by atoms with Gasteiger partial charge in [-0.1, -0.05) is 36.4 Å². The molecule has 1 aliphatic rings. The molecule has 1 heterocycles. The molecule has 0 unspecified atom stereocenters. The highest BCUT2D eigenvalue weighted by Crippen LogP contribution is 2.32. The van der Waals surface area contributed by atoms with E-state index in [1.165, 1.54) is 4.90 Å². The number of fused-ring (bicyclic) bond motifs is 1. The summed E-state index contributed by atoms with van der Waals surface area (Å²) in [6, 6.07) is 21.0. The number of carboxylic acids is 1. The molecule has 1 N–H and O–H groups in total. The summed E-state index contributed by atoms with van der Waals surface area (Å²) < 4.78 is 6.00. The molecule has 5 heteroatoms. The van der Waals surface area contributed by atoms with Crippen LogP contribution in [-0.2, 0) is 9.59 Å². The van der Waals surface area contributed by atoms with Gasteiger partial charge in [0.05, 0.1) is 5.92 Å². The van der Waals surface area contributed by atoms with Crippen molar-refractivity contribution in [3.8, 4) is 11.5 Å². The predicted molar refractivity (Wildman–Crippen MR) is 98.6 cm³/mol. The third kappa shape index (κ3) is 2.99. The SMILES string of the molecule is O=C(O)[C@@H]1CC(=O)N(c2ccc(Oc3cccc4ccccc34)cc2)C1. The maximum Gasteiger partial charge on any atom is 0.308 e. The van der Waals surface area contributed by atoms with Crippen molar-refractivity contribution in [1.29, 1.82) is 0 Å². The van der Waals surface area contributed by atoms with Crippen LogP contribution in [0.15, 0.2) is 66.7 Å². The van der Waals surface area contributed by atoms with E-state index in [0.29, 0.717) is 11.4 Å². The normalized spacial score (nSPS) is 16.8. The van der Waals surface area contributed by atoms with E-state index in [1.54, 1.807) is 24.3 Å². The lowest BCUT2D eigenvalue weighted by molar-refractivity contribution is -0.141. The van der Waals surface area contributed by atoms with Crippen molar-refractivity contribution < 1.29 is 19.4 Å². The zero-order valence-electron chi connectivity index (χ0n) is 14.0. The molecule has 0 spiro atoms. The van der Waals surface area contributed by atoms with Crippen molar-refractivity contribution in [1.82, 2.24) is 0 Å². The van der Waals surface area contributed by atoms with Crippen LogP contribution in [0.5, 0.6) is 11.5 Å². The standard InChI is InChI=1S/C21H17NO4/c23-20-12-15(21(24)25)13-22(20)16-8-10-17(11-9-16)26-19-7-3-5-14-4-1-2-6-18(14)19/h1-11,15H,12-13H2,(H,24,25)/t15-/m1/s1. The summed E-state index contributed by atoms with van der Waals surface area (Å²) in [7, 11) is 0. The molecule has 130 valence electrons. The fraction of sp³-hybridized carbons (Fsp3) is 0.143. The van der Waals surface area contributed by atoms with Gasteiger partial charge >= 0.3 is 5.97 Å². The number of anilines is 1. The van der Waals surface area contributed by atoms with Crippen LogP contribution in [-0.4, -0.2) is 23.5 Å². The highest BCUT2D eigenvalue weighted by molar-refractivity contribution is 5.99. The highest BCUT2D eigenvalue weighted by Gasteiger charge is 2.34. The molecule has 1 atom stereocenters. The van der Waals surface area contributed by atoms with Crippen molar-refractivity contribution >= 4 is 28.3 Å². The molecule has 3 aromatic rings. The van der Waals surface area contributed by atoms with Gasteiger partial charge in [-0.05, 0) is 35.7 Å². The second-order valence-electron chi connectivity index (χ2n) is 6.32. The van der Waals surface area contributed by atoms with Crippen LogP contribution in [0, 0.1) is 5.92 Å². The monoisotopic (exact) mass is 347 g/mol. The van der Waals surface area contributed by atoms with Crippen molar-refractivity contribution in [2.75, 3.05) is 11.4 Å².